The molecule has 1 aliphatic heterocycles. The Bertz CT molecular complexity index is 570. The van der Waals surface area contributed by atoms with E-state index in [1.54, 1.807) is 0 Å². The summed E-state index contributed by atoms with van der Waals surface area (Å²) in [5.74, 6) is -2.82. The number of ether oxygens (including phenoxy) is 1. The topological polar surface area (TPSA) is 92.9 Å². The van der Waals surface area contributed by atoms with Crippen molar-refractivity contribution in [2.24, 2.45) is 0 Å². The van der Waals surface area contributed by atoms with Crippen LogP contribution in [0.25, 0.3) is 0 Å². The molecule has 0 aliphatic carbocycles. The van der Waals surface area contributed by atoms with Gasteiger partial charge < -0.3 is 14.7 Å². The van der Waals surface area contributed by atoms with Crippen molar-refractivity contribution in [1.29, 1.82) is 0 Å². The maximum Gasteiger partial charge on any atom is 0.338 e. The highest BCUT2D eigenvalue weighted by Crippen LogP contribution is 2.32. The quantitative estimate of drug-likeness (QED) is 0.674. The summed E-state index contributed by atoms with van der Waals surface area (Å²) < 4.78 is 19.2. The van der Waals surface area contributed by atoms with Gasteiger partial charge in [-0.3, -0.25) is 10.1 Å². The number of rotatable bonds is 4. The number of halogens is 1. The molecule has 2 rings (SSSR count). The number of nitrogens with zero attached hydrogens (tertiary/aromatic N) is 2. The number of carbonyl (C=O) groups is 1. The number of nitro groups is 1. The first-order valence-electron chi connectivity index (χ1n) is 6.45. The Balaban J connectivity index is 2.27. The second-order valence-electron chi connectivity index (χ2n) is 4.98. The monoisotopic (exact) mass is 298 g/mol. The molecule has 1 aromatic carbocycles. The maximum absolute atomic E-state index is 13.7. The molecule has 0 atom stereocenters. The summed E-state index contributed by atoms with van der Waals surface area (Å²) in [6.07, 6.45) is 1.11. The number of hydrogen-bond acceptors (Lipinski definition) is 5. The molecular formula is C13H15FN2O5. The van der Waals surface area contributed by atoms with E-state index >= 15 is 0 Å². The van der Waals surface area contributed by atoms with Crippen molar-refractivity contribution in [1.82, 2.24) is 4.90 Å². The Morgan fingerprint density at radius 1 is 1.48 bits per heavy atom. The molecule has 21 heavy (non-hydrogen) atoms. The number of piperidine rings is 1. The van der Waals surface area contributed by atoms with E-state index in [2.05, 4.69) is 4.90 Å². The van der Waals surface area contributed by atoms with Gasteiger partial charge >= 0.3 is 11.7 Å². The van der Waals surface area contributed by atoms with Crippen LogP contribution in [0.5, 0.6) is 5.75 Å². The van der Waals surface area contributed by atoms with Crippen LogP contribution in [0.3, 0.4) is 0 Å². The smallest absolute Gasteiger partial charge is 0.338 e. The van der Waals surface area contributed by atoms with Gasteiger partial charge in [0.25, 0.3) is 0 Å². The molecule has 0 amide bonds. The molecule has 1 aromatic rings. The molecule has 0 radical (unpaired) electrons. The van der Waals surface area contributed by atoms with Gasteiger partial charge in [0.05, 0.1) is 4.92 Å². The van der Waals surface area contributed by atoms with Gasteiger partial charge in [-0.2, -0.15) is 0 Å². The van der Waals surface area contributed by atoms with E-state index in [4.69, 9.17) is 9.84 Å². The first kappa shape index (κ1) is 15.2. The zero-order chi connectivity index (χ0) is 15.6. The number of aromatic carboxylic acids is 1. The molecule has 7 nitrogen and oxygen atoms in total. The molecule has 0 unspecified atom stereocenters. The van der Waals surface area contributed by atoms with Crippen LogP contribution >= 0.6 is 0 Å². The van der Waals surface area contributed by atoms with E-state index in [0.29, 0.717) is 18.9 Å². The van der Waals surface area contributed by atoms with Crippen LogP contribution in [-0.4, -0.2) is 47.1 Å². The minimum absolute atomic E-state index is 0.225. The molecule has 1 fully saturated rings. The zero-order valence-corrected chi connectivity index (χ0v) is 11.4. The predicted octanol–water partition coefficient (Wildman–Crippen LogP) is 1.91. The van der Waals surface area contributed by atoms with Crippen LogP contribution < -0.4 is 4.74 Å². The number of nitro benzene ring substituents is 1. The van der Waals surface area contributed by atoms with Gasteiger partial charge in [-0.05, 0) is 19.9 Å². The average molecular weight is 298 g/mol. The Morgan fingerprint density at radius 3 is 2.62 bits per heavy atom. The van der Waals surface area contributed by atoms with Crippen LogP contribution in [0, 0.1) is 15.9 Å². The van der Waals surface area contributed by atoms with Gasteiger partial charge in [0, 0.05) is 25.2 Å². The highest BCUT2D eigenvalue weighted by Gasteiger charge is 2.26. The van der Waals surface area contributed by atoms with E-state index < -0.39 is 28.0 Å². The molecule has 1 saturated heterocycles. The highest BCUT2D eigenvalue weighted by molar-refractivity contribution is 5.89. The van der Waals surface area contributed by atoms with Crippen LogP contribution in [-0.2, 0) is 0 Å². The summed E-state index contributed by atoms with van der Waals surface area (Å²) in [6.45, 7) is 1.57. The lowest BCUT2D eigenvalue weighted by atomic mass is 10.1. The predicted molar refractivity (Wildman–Crippen MR) is 71.2 cm³/mol. The van der Waals surface area contributed by atoms with Crippen LogP contribution in [0.2, 0.25) is 0 Å². The minimum atomic E-state index is -1.55. The zero-order valence-electron chi connectivity index (χ0n) is 11.4. The second kappa shape index (κ2) is 6.04. The third-order valence-corrected chi connectivity index (χ3v) is 3.43. The highest BCUT2D eigenvalue weighted by atomic mass is 19.1. The van der Waals surface area contributed by atoms with E-state index in [0.717, 1.165) is 19.2 Å². The standard InChI is InChI=1S/C13H15FN2O5/c1-15-4-2-8(3-5-15)21-12-7-10(14)9(13(17)18)6-11(12)16(19)20/h6-8H,2-5H2,1H3,(H,17,18). The van der Waals surface area contributed by atoms with Crippen molar-refractivity contribution < 1.29 is 24.0 Å². The Kier molecular flexibility index (Phi) is 4.37. The van der Waals surface area contributed by atoms with Crippen LogP contribution in [0.4, 0.5) is 10.1 Å². The van der Waals surface area contributed by atoms with Crippen molar-refractivity contribution in [3.63, 3.8) is 0 Å². The first-order chi connectivity index (χ1) is 9.88. The molecule has 1 N–H and O–H groups in total. The van der Waals surface area contributed by atoms with Crippen molar-refractivity contribution in [3.8, 4) is 5.75 Å². The molecule has 0 bridgehead atoms. The average Bonchev–Trinajstić information content (AvgIpc) is 2.40. The van der Waals surface area contributed by atoms with E-state index in [9.17, 15) is 19.3 Å². The Hall–Kier alpha value is -2.22. The number of likely N-dealkylation sites (tertiary alicyclic amines) is 1. The van der Waals surface area contributed by atoms with Gasteiger partial charge in [0.1, 0.15) is 17.5 Å². The molecule has 1 aliphatic rings. The fraction of sp³-hybridized carbons (Fsp3) is 0.462. The van der Waals surface area contributed by atoms with Gasteiger partial charge in [0.15, 0.2) is 5.75 Å². The molecule has 0 aromatic heterocycles. The fourth-order valence-corrected chi connectivity index (χ4v) is 2.23. The van der Waals surface area contributed by atoms with E-state index in [1.165, 1.54) is 0 Å². The molecular weight excluding hydrogens is 283 g/mol. The Morgan fingerprint density at radius 2 is 2.10 bits per heavy atom. The van der Waals surface area contributed by atoms with Crippen molar-refractivity contribution in [2.75, 3.05) is 20.1 Å². The summed E-state index contributed by atoms with van der Waals surface area (Å²) in [6, 6.07) is 1.47. The maximum atomic E-state index is 13.7. The largest absolute Gasteiger partial charge is 0.483 e. The lowest BCUT2D eigenvalue weighted by molar-refractivity contribution is -0.386. The van der Waals surface area contributed by atoms with Gasteiger partial charge in [0.2, 0.25) is 0 Å². The van der Waals surface area contributed by atoms with E-state index in [-0.39, 0.29) is 11.9 Å². The SMILES string of the molecule is CN1CCC(Oc2cc(F)c(C(=O)O)cc2[N+](=O)[O-])CC1. The summed E-state index contributed by atoms with van der Waals surface area (Å²) in [4.78, 5) is 23.2. The number of hydrogen-bond donors (Lipinski definition) is 1. The lowest BCUT2D eigenvalue weighted by Crippen LogP contribution is -2.35. The summed E-state index contributed by atoms with van der Waals surface area (Å²) >= 11 is 0. The number of carboxylic acids is 1. The Labute approximate surface area is 120 Å². The first-order valence-corrected chi connectivity index (χ1v) is 6.45. The lowest BCUT2D eigenvalue weighted by Gasteiger charge is -2.29. The summed E-state index contributed by atoms with van der Waals surface area (Å²) in [5.41, 5.74) is -1.27. The third kappa shape index (κ3) is 3.46. The van der Waals surface area contributed by atoms with Crippen molar-refractivity contribution >= 4 is 11.7 Å². The summed E-state index contributed by atoms with van der Waals surface area (Å²) in [7, 11) is 1.96. The van der Waals surface area contributed by atoms with Crippen LogP contribution in [0.15, 0.2) is 12.1 Å². The molecule has 1 heterocycles. The second-order valence-corrected chi connectivity index (χ2v) is 4.98. The number of carboxylic acid groups (broad SMARTS) is 1. The van der Waals surface area contributed by atoms with Crippen LogP contribution in [0.1, 0.15) is 23.2 Å². The van der Waals surface area contributed by atoms with Crippen molar-refractivity contribution in [2.45, 2.75) is 18.9 Å². The minimum Gasteiger partial charge on any atom is -0.483 e. The fourth-order valence-electron chi connectivity index (χ4n) is 2.23. The van der Waals surface area contributed by atoms with Gasteiger partial charge in [-0.25, -0.2) is 9.18 Å². The summed E-state index contributed by atoms with van der Waals surface area (Å²) in [5, 5.41) is 19.8. The third-order valence-electron chi connectivity index (χ3n) is 3.43. The van der Waals surface area contributed by atoms with Crippen molar-refractivity contribution in [3.05, 3.63) is 33.6 Å². The van der Waals surface area contributed by atoms with E-state index in [1.807, 2.05) is 7.05 Å². The van der Waals surface area contributed by atoms with Gasteiger partial charge in [-0.1, -0.05) is 0 Å². The van der Waals surface area contributed by atoms with Gasteiger partial charge in [-0.15, -0.1) is 0 Å². The number of benzene rings is 1. The molecule has 0 saturated carbocycles. The normalized spacial score (nSPS) is 16.7. The molecule has 114 valence electrons. The molecule has 0 spiro atoms. The molecule has 8 heteroatoms.